The van der Waals surface area contributed by atoms with E-state index in [2.05, 4.69) is 43.4 Å². The second kappa shape index (κ2) is 8.69. The summed E-state index contributed by atoms with van der Waals surface area (Å²) in [5.41, 5.74) is 1.49. The molecule has 1 N–H and O–H groups in total. The van der Waals surface area contributed by atoms with Crippen LogP contribution in [0.4, 0.5) is 0 Å². The van der Waals surface area contributed by atoms with Gasteiger partial charge in [0.05, 0.1) is 0 Å². The lowest BCUT2D eigenvalue weighted by Crippen LogP contribution is -2.29. The number of hydrogen-bond donors (Lipinski definition) is 2. The zero-order valence-electron chi connectivity index (χ0n) is 12.9. The van der Waals surface area contributed by atoms with Crippen molar-refractivity contribution in [2.45, 2.75) is 38.2 Å². The molecule has 2 aromatic rings. The zero-order valence-corrected chi connectivity index (χ0v) is 14.6. The Labute approximate surface area is 139 Å². The van der Waals surface area contributed by atoms with Crippen molar-refractivity contribution in [2.75, 3.05) is 0 Å². The van der Waals surface area contributed by atoms with Crippen LogP contribution in [0.3, 0.4) is 0 Å². The van der Waals surface area contributed by atoms with Crippen molar-refractivity contribution in [3.8, 4) is 0 Å². The van der Waals surface area contributed by atoms with Crippen LogP contribution in [0.15, 0.2) is 60.7 Å². The lowest BCUT2D eigenvalue weighted by molar-refractivity contribution is 0.105. The first kappa shape index (κ1) is 17.5. The molecule has 2 rings (SSSR count). The van der Waals surface area contributed by atoms with Crippen LogP contribution in [0.1, 0.15) is 43.7 Å². The van der Waals surface area contributed by atoms with Crippen molar-refractivity contribution in [3.05, 3.63) is 71.8 Å². The highest BCUT2D eigenvalue weighted by Crippen LogP contribution is 2.50. The molecule has 0 fully saturated rings. The van der Waals surface area contributed by atoms with Gasteiger partial charge in [0.15, 0.2) is 0 Å². The summed E-state index contributed by atoms with van der Waals surface area (Å²) < 4.78 is 6.04. The molecule has 2 aromatic carbocycles. The molecule has 22 heavy (non-hydrogen) atoms. The minimum absolute atomic E-state index is 0.639. The molecule has 118 valence electrons. The van der Waals surface area contributed by atoms with E-state index in [0.29, 0.717) is 0 Å². The molecule has 0 radical (unpaired) electrons. The highest BCUT2D eigenvalue weighted by atomic mass is 32.7. The van der Waals surface area contributed by atoms with Crippen LogP contribution in [-0.4, -0.2) is 4.89 Å². The Hall–Kier alpha value is -0.860. The van der Waals surface area contributed by atoms with Crippen LogP contribution in [-0.2, 0) is 10.1 Å². The van der Waals surface area contributed by atoms with E-state index >= 15 is 0 Å². The Kier molecular flexibility index (Phi) is 6.91. The van der Waals surface area contributed by atoms with Gasteiger partial charge in [-0.15, -0.1) is 0 Å². The Morgan fingerprint density at radius 1 is 0.955 bits per heavy atom. The molecule has 0 saturated carbocycles. The summed E-state index contributed by atoms with van der Waals surface area (Å²) >= 11 is 4.14. The molecule has 0 spiro atoms. The quantitative estimate of drug-likeness (QED) is 0.370. The highest BCUT2D eigenvalue weighted by molar-refractivity contribution is 8.41. The van der Waals surface area contributed by atoms with Gasteiger partial charge in [-0.1, -0.05) is 92.7 Å². The fourth-order valence-corrected chi connectivity index (χ4v) is 3.78. The molecule has 1 atom stereocenters. The van der Waals surface area contributed by atoms with Crippen molar-refractivity contribution in [1.82, 2.24) is 0 Å². The standard InChI is InChI=1S/C18H23O2PS/c1-2-3-10-15-18(20-21(19)22,16-11-6-4-7-12-16)17-13-8-5-9-14-17/h4-9,11-14,19,22H,2-3,10,15H2,1H3. The highest BCUT2D eigenvalue weighted by Gasteiger charge is 2.36. The summed E-state index contributed by atoms with van der Waals surface area (Å²) in [6.45, 7) is 2.19. The minimum atomic E-state index is -1.76. The summed E-state index contributed by atoms with van der Waals surface area (Å²) in [5, 5.41) is 0. The fourth-order valence-electron chi connectivity index (χ4n) is 2.78. The number of hydrogen-bond acceptors (Lipinski definition) is 3. The third-order valence-corrected chi connectivity index (χ3v) is 4.57. The molecule has 0 bridgehead atoms. The largest absolute Gasteiger partial charge is 0.342 e. The van der Waals surface area contributed by atoms with E-state index in [-0.39, 0.29) is 0 Å². The van der Waals surface area contributed by atoms with Gasteiger partial charge >= 0.3 is 0 Å². The van der Waals surface area contributed by atoms with Gasteiger partial charge in [-0.05, 0) is 24.0 Å². The Bertz CT molecular complexity index is 506. The van der Waals surface area contributed by atoms with E-state index in [9.17, 15) is 4.89 Å². The van der Waals surface area contributed by atoms with E-state index in [1.165, 1.54) is 0 Å². The van der Waals surface area contributed by atoms with Gasteiger partial charge in [-0.3, -0.25) is 0 Å². The van der Waals surface area contributed by atoms with Crippen molar-refractivity contribution in [2.24, 2.45) is 0 Å². The van der Waals surface area contributed by atoms with Gasteiger partial charge in [0.2, 0.25) is 7.58 Å². The first-order chi connectivity index (χ1) is 10.7. The van der Waals surface area contributed by atoms with Crippen LogP contribution in [0, 0.1) is 0 Å². The lowest BCUT2D eigenvalue weighted by atomic mass is 9.82. The summed E-state index contributed by atoms with van der Waals surface area (Å²) in [6.07, 6.45) is 4.15. The average molecular weight is 334 g/mol. The molecule has 0 aliphatic rings. The van der Waals surface area contributed by atoms with Gasteiger partial charge in [0.25, 0.3) is 0 Å². The zero-order chi connectivity index (χ0) is 15.8. The van der Waals surface area contributed by atoms with Gasteiger partial charge < -0.3 is 9.42 Å². The maximum Gasteiger partial charge on any atom is 0.233 e. The van der Waals surface area contributed by atoms with Crippen LogP contribution >= 0.6 is 19.8 Å². The van der Waals surface area contributed by atoms with Crippen molar-refractivity contribution in [3.63, 3.8) is 0 Å². The van der Waals surface area contributed by atoms with E-state index in [4.69, 9.17) is 4.52 Å². The van der Waals surface area contributed by atoms with Gasteiger partial charge in [-0.2, -0.15) is 0 Å². The average Bonchev–Trinajstić information content (AvgIpc) is 2.55. The number of benzene rings is 2. The monoisotopic (exact) mass is 334 g/mol. The maximum atomic E-state index is 9.87. The Morgan fingerprint density at radius 2 is 1.45 bits per heavy atom. The number of thiol groups is 1. The third-order valence-electron chi connectivity index (χ3n) is 3.85. The number of unbranched alkanes of at least 4 members (excludes halogenated alkanes) is 2. The lowest BCUT2D eigenvalue weighted by Gasteiger charge is -2.35. The predicted molar refractivity (Wildman–Crippen MR) is 97.0 cm³/mol. The van der Waals surface area contributed by atoms with Crippen molar-refractivity contribution in [1.29, 1.82) is 0 Å². The maximum absolute atomic E-state index is 9.87. The normalized spacial score (nSPS) is 13.0. The van der Waals surface area contributed by atoms with E-state index < -0.39 is 13.2 Å². The minimum Gasteiger partial charge on any atom is -0.342 e. The third kappa shape index (κ3) is 4.33. The van der Waals surface area contributed by atoms with Gasteiger partial charge in [-0.25, -0.2) is 0 Å². The first-order valence-electron chi connectivity index (χ1n) is 7.67. The Morgan fingerprint density at radius 3 is 1.86 bits per heavy atom. The van der Waals surface area contributed by atoms with Gasteiger partial charge in [0, 0.05) is 0 Å². The van der Waals surface area contributed by atoms with E-state index in [1.54, 1.807) is 0 Å². The van der Waals surface area contributed by atoms with Crippen LogP contribution in [0.2, 0.25) is 0 Å². The SMILES string of the molecule is CCCCCC(OP(O)S)(c1ccccc1)c1ccccc1. The summed E-state index contributed by atoms with van der Waals surface area (Å²) in [5.74, 6) is 0. The van der Waals surface area contributed by atoms with Gasteiger partial charge in [0.1, 0.15) is 5.60 Å². The molecular weight excluding hydrogens is 311 g/mol. The molecule has 0 saturated heterocycles. The molecule has 4 heteroatoms. The Balaban J connectivity index is 2.48. The topological polar surface area (TPSA) is 29.5 Å². The van der Waals surface area contributed by atoms with Crippen molar-refractivity contribution >= 4 is 19.8 Å². The molecule has 0 heterocycles. The molecule has 0 aromatic heterocycles. The van der Waals surface area contributed by atoms with Crippen LogP contribution < -0.4 is 0 Å². The van der Waals surface area contributed by atoms with Crippen LogP contribution in [0.5, 0.6) is 0 Å². The van der Waals surface area contributed by atoms with E-state index in [1.807, 2.05) is 36.4 Å². The molecule has 0 aliphatic heterocycles. The first-order valence-corrected chi connectivity index (χ1v) is 10.0. The molecule has 0 amide bonds. The van der Waals surface area contributed by atoms with E-state index in [0.717, 1.165) is 36.8 Å². The smallest absolute Gasteiger partial charge is 0.233 e. The molecular formula is C18H23O2PS. The van der Waals surface area contributed by atoms with Crippen LogP contribution in [0.25, 0.3) is 0 Å². The van der Waals surface area contributed by atoms with Crippen molar-refractivity contribution < 1.29 is 9.42 Å². The molecule has 2 nitrogen and oxygen atoms in total. The fraction of sp³-hybridized carbons (Fsp3) is 0.333. The molecule has 0 aliphatic carbocycles. The summed E-state index contributed by atoms with van der Waals surface area (Å²) in [7, 11) is -1.76. The molecule has 1 unspecified atom stereocenters. The number of rotatable bonds is 8. The summed E-state index contributed by atoms with van der Waals surface area (Å²) in [6, 6.07) is 20.3. The summed E-state index contributed by atoms with van der Waals surface area (Å²) in [4.78, 5) is 9.87. The second-order valence-electron chi connectivity index (χ2n) is 5.36. The predicted octanol–water partition coefficient (Wildman–Crippen LogP) is 5.68. The second-order valence-corrected chi connectivity index (χ2v) is 7.07.